The Balaban J connectivity index is 2.39. The molecule has 0 saturated carbocycles. The van der Waals surface area contributed by atoms with Crippen molar-refractivity contribution in [2.45, 2.75) is 4.90 Å². The van der Waals surface area contributed by atoms with Gasteiger partial charge >= 0.3 is 0 Å². The van der Waals surface area contributed by atoms with Gasteiger partial charge in [0.15, 0.2) is 0 Å². The Bertz CT molecular complexity index is 719. The smallest absolute Gasteiger partial charge is 0.261 e. The first-order valence-corrected chi connectivity index (χ1v) is 8.15. The maximum Gasteiger partial charge on any atom is 0.261 e. The van der Waals surface area contributed by atoms with Gasteiger partial charge in [-0.2, -0.15) is 0 Å². The monoisotopic (exact) mass is 379 g/mol. The molecular formula is C12H8BrCl2NO2S. The fourth-order valence-electron chi connectivity index (χ4n) is 1.41. The molecule has 0 unspecified atom stereocenters. The molecule has 0 saturated heterocycles. The molecule has 0 fully saturated rings. The summed E-state index contributed by atoms with van der Waals surface area (Å²) in [5.74, 6) is 0. The van der Waals surface area contributed by atoms with E-state index in [2.05, 4.69) is 20.7 Å². The lowest BCUT2D eigenvalue weighted by molar-refractivity contribution is 0.601. The molecule has 7 heteroatoms. The molecule has 0 aliphatic rings. The Hall–Kier alpha value is -0.750. The molecule has 0 spiro atoms. The first-order valence-electron chi connectivity index (χ1n) is 5.12. The predicted molar refractivity (Wildman–Crippen MR) is 81.4 cm³/mol. The van der Waals surface area contributed by atoms with Crippen LogP contribution in [0.4, 0.5) is 5.69 Å². The minimum Gasteiger partial charge on any atom is -0.278 e. The minimum atomic E-state index is -3.70. The standard InChI is InChI=1S/C12H8BrCl2NO2S/c13-11-5-4-9(15)7-12(11)16-19(17,18)10-3-1-2-8(14)6-10/h1-7,16H. The summed E-state index contributed by atoms with van der Waals surface area (Å²) in [5.41, 5.74) is 0.368. The van der Waals surface area contributed by atoms with E-state index in [1.807, 2.05) is 0 Å². The summed E-state index contributed by atoms with van der Waals surface area (Å²) in [7, 11) is -3.70. The van der Waals surface area contributed by atoms with E-state index >= 15 is 0 Å². The number of hydrogen-bond donors (Lipinski definition) is 1. The molecule has 0 heterocycles. The van der Waals surface area contributed by atoms with Crippen molar-refractivity contribution in [2.24, 2.45) is 0 Å². The summed E-state index contributed by atoms with van der Waals surface area (Å²) in [5, 5.41) is 0.792. The molecule has 0 radical (unpaired) electrons. The van der Waals surface area contributed by atoms with Crippen LogP contribution in [0.15, 0.2) is 51.8 Å². The van der Waals surface area contributed by atoms with Crippen molar-refractivity contribution < 1.29 is 8.42 Å². The van der Waals surface area contributed by atoms with E-state index in [9.17, 15) is 8.42 Å². The van der Waals surface area contributed by atoms with E-state index in [0.717, 1.165) is 0 Å². The summed E-state index contributed by atoms with van der Waals surface area (Å²) < 4.78 is 27.4. The highest BCUT2D eigenvalue weighted by Gasteiger charge is 2.16. The number of nitrogens with one attached hydrogen (secondary N) is 1. The van der Waals surface area contributed by atoms with Crippen LogP contribution in [0.5, 0.6) is 0 Å². The number of rotatable bonds is 3. The van der Waals surface area contributed by atoms with Gasteiger partial charge in [0.25, 0.3) is 10.0 Å². The first-order chi connectivity index (χ1) is 8.88. The van der Waals surface area contributed by atoms with Crippen LogP contribution in [0.25, 0.3) is 0 Å². The number of anilines is 1. The molecule has 1 N–H and O–H groups in total. The van der Waals surface area contributed by atoms with Gasteiger partial charge in [-0.15, -0.1) is 0 Å². The Morgan fingerprint density at radius 3 is 2.37 bits per heavy atom. The molecule has 19 heavy (non-hydrogen) atoms. The van der Waals surface area contributed by atoms with Gasteiger partial charge in [0.2, 0.25) is 0 Å². The SMILES string of the molecule is O=S(=O)(Nc1cc(Cl)ccc1Br)c1cccc(Cl)c1. The lowest BCUT2D eigenvalue weighted by atomic mass is 10.3. The zero-order valence-corrected chi connectivity index (χ0v) is 13.3. The summed E-state index contributed by atoms with van der Waals surface area (Å²) in [4.78, 5) is 0.0897. The number of benzene rings is 2. The summed E-state index contributed by atoms with van der Waals surface area (Å²) >= 11 is 14.9. The van der Waals surface area contributed by atoms with Crippen LogP contribution in [0.1, 0.15) is 0 Å². The molecular weight excluding hydrogens is 373 g/mol. The molecule has 2 rings (SSSR count). The van der Waals surface area contributed by atoms with Gasteiger partial charge in [0, 0.05) is 14.5 Å². The highest BCUT2D eigenvalue weighted by atomic mass is 79.9. The summed E-state index contributed by atoms with van der Waals surface area (Å²) in [6.45, 7) is 0. The quantitative estimate of drug-likeness (QED) is 0.848. The second kappa shape index (κ2) is 5.71. The van der Waals surface area contributed by atoms with Crippen molar-refractivity contribution in [1.29, 1.82) is 0 Å². The van der Waals surface area contributed by atoms with Gasteiger partial charge in [-0.3, -0.25) is 4.72 Å². The van der Waals surface area contributed by atoms with Gasteiger partial charge in [-0.25, -0.2) is 8.42 Å². The third kappa shape index (κ3) is 3.63. The van der Waals surface area contributed by atoms with E-state index < -0.39 is 10.0 Å². The number of sulfonamides is 1. The Morgan fingerprint density at radius 2 is 1.68 bits per heavy atom. The van der Waals surface area contributed by atoms with Gasteiger partial charge in [-0.1, -0.05) is 29.3 Å². The van der Waals surface area contributed by atoms with Gasteiger partial charge < -0.3 is 0 Å². The molecule has 0 atom stereocenters. The third-order valence-electron chi connectivity index (χ3n) is 2.28. The van der Waals surface area contributed by atoms with Crippen LogP contribution in [0.3, 0.4) is 0 Å². The minimum absolute atomic E-state index is 0.0897. The Kier molecular flexibility index (Phi) is 4.40. The molecule has 0 bridgehead atoms. The highest BCUT2D eigenvalue weighted by molar-refractivity contribution is 9.10. The topological polar surface area (TPSA) is 46.2 Å². The fourth-order valence-corrected chi connectivity index (χ4v) is 3.43. The van der Waals surface area contributed by atoms with Crippen LogP contribution in [-0.2, 0) is 10.0 Å². The molecule has 0 aliphatic carbocycles. The number of hydrogen-bond acceptors (Lipinski definition) is 2. The van der Waals surface area contributed by atoms with Crippen molar-refractivity contribution in [2.75, 3.05) is 4.72 Å². The Morgan fingerprint density at radius 1 is 1.00 bits per heavy atom. The van der Waals surface area contributed by atoms with Crippen molar-refractivity contribution in [3.05, 3.63) is 57.0 Å². The highest BCUT2D eigenvalue weighted by Crippen LogP contribution is 2.28. The van der Waals surface area contributed by atoms with Crippen LogP contribution in [0.2, 0.25) is 10.0 Å². The van der Waals surface area contributed by atoms with E-state index in [0.29, 0.717) is 20.2 Å². The molecule has 0 amide bonds. The second-order valence-corrected chi connectivity index (χ2v) is 7.10. The van der Waals surface area contributed by atoms with Crippen LogP contribution >= 0.6 is 39.1 Å². The predicted octanol–water partition coefficient (Wildman–Crippen LogP) is 4.56. The molecule has 100 valence electrons. The third-order valence-corrected chi connectivity index (χ3v) is 4.80. The van der Waals surface area contributed by atoms with Crippen LogP contribution in [-0.4, -0.2) is 8.42 Å². The fraction of sp³-hybridized carbons (Fsp3) is 0. The first kappa shape index (κ1) is 14.7. The van der Waals surface area contributed by atoms with Crippen molar-refractivity contribution >= 4 is 54.8 Å². The van der Waals surface area contributed by atoms with E-state index in [-0.39, 0.29) is 4.90 Å². The normalized spacial score (nSPS) is 11.3. The second-order valence-electron chi connectivity index (χ2n) is 3.69. The van der Waals surface area contributed by atoms with Crippen LogP contribution in [0, 0.1) is 0 Å². The lowest BCUT2D eigenvalue weighted by Crippen LogP contribution is -2.13. The molecule has 2 aromatic carbocycles. The lowest BCUT2D eigenvalue weighted by Gasteiger charge is -2.10. The summed E-state index contributed by atoms with van der Waals surface area (Å²) in [6, 6.07) is 10.9. The van der Waals surface area contributed by atoms with Crippen LogP contribution < -0.4 is 4.72 Å². The average molecular weight is 381 g/mol. The van der Waals surface area contributed by atoms with E-state index in [1.165, 1.54) is 18.2 Å². The van der Waals surface area contributed by atoms with Gasteiger partial charge in [0.1, 0.15) is 0 Å². The van der Waals surface area contributed by atoms with Crippen molar-refractivity contribution in [3.8, 4) is 0 Å². The molecule has 0 aliphatic heterocycles. The number of halogens is 3. The van der Waals surface area contributed by atoms with E-state index in [1.54, 1.807) is 24.3 Å². The zero-order valence-electron chi connectivity index (χ0n) is 9.40. The van der Waals surface area contributed by atoms with Gasteiger partial charge in [0.05, 0.1) is 10.6 Å². The zero-order chi connectivity index (χ0) is 14.0. The van der Waals surface area contributed by atoms with Gasteiger partial charge in [-0.05, 0) is 52.3 Å². The average Bonchev–Trinajstić information content (AvgIpc) is 2.33. The maximum atomic E-state index is 12.2. The molecule has 3 nitrogen and oxygen atoms in total. The van der Waals surface area contributed by atoms with Crippen molar-refractivity contribution in [1.82, 2.24) is 0 Å². The molecule has 0 aromatic heterocycles. The maximum absolute atomic E-state index is 12.2. The summed E-state index contributed by atoms with van der Waals surface area (Å²) in [6.07, 6.45) is 0. The van der Waals surface area contributed by atoms with E-state index in [4.69, 9.17) is 23.2 Å². The largest absolute Gasteiger partial charge is 0.278 e. The van der Waals surface area contributed by atoms with Crippen molar-refractivity contribution in [3.63, 3.8) is 0 Å². The Labute approximate surface area is 129 Å². The molecule has 2 aromatic rings.